The largest absolute Gasteiger partial charge is 0.446 e. The maximum atomic E-state index is 9.28. The highest BCUT2D eigenvalue weighted by molar-refractivity contribution is 5.85. The molecule has 0 fully saturated rings. The average molecular weight is 86.0 g/mol. The van der Waals surface area contributed by atoms with Gasteiger partial charge in [0.05, 0.1) is 0 Å². The zero-order chi connectivity index (χ0) is 4.99. The summed E-state index contributed by atoms with van der Waals surface area (Å²) in [6.45, 7) is 0. The highest BCUT2D eigenvalue weighted by Gasteiger charge is 1.92. The number of nitrogens with zero attached hydrogens (tertiary/aromatic N) is 1. The van der Waals surface area contributed by atoms with E-state index in [0.717, 1.165) is 6.07 Å². The average Bonchev–Trinajstić information content (AvgIpc) is 1.65. The number of carbonyl (C=O) groups excluding carboxylic acids is 1. The summed E-state index contributed by atoms with van der Waals surface area (Å²) in [6, 6.07) is 0.941. The summed E-state index contributed by atoms with van der Waals surface area (Å²) in [5.74, 6) is -1.41. The Bertz CT molecular complexity index is 91.5. The second-order valence-corrected chi connectivity index (χ2v) is 0.483. The monoisotopic (exact) mass is 86.0 g/mol. The number of hydrogen-bond acceptors (Lipinski definition) is 3. The van der Waals surface area contributed by atoms with E-state index >= 15 is 0 Å². The first-order valence-electron chi connectivity index (χ1n) is 1.05. The van der Waals surface area contributed by atoms with Crippen LogP contribution in [0.25, 0.3) is 0 Å². The topological polar surface area (TPSA) is 70.0 Å². The molecule has 0 aliphatic carbocycles. The van der Waals surface area contributed by atoms with Crippen molar-refractivity contribution in [3.63, 3.8) is 0 Å². The molecule has 0 atom stereocenters. The summed E-state index contributed by atoms with van der Waals surface area (Å²) in [7, 11) is 0. The van der Waals surface area contributed by atoms with Crippen LogP contribution in [0.15, 0.2) is 0 Å². The Morgan fingerprint density at radius 2 is 2.33 bits per heavy atom. The van der Waals surface area contributed by atoms with Crippen molar-refractivity contribution in [2.24, 2.45) is 0 Å². The van der Waals surface area contributed by atoms with Crippen LogP contribution in [0.2, 0.25) is 0 Å². The number of hydrogen-bond donors (Lipinski definition) is 0. The third kappa shape index (κ3) is 1.26. The van der Waals surface area contributed by atoms with Gasteiger partial charge in [0.25, 0.3) is 0 Å². The minimum atomic E-state index is -1.41. The summed E-state index contributed by atoms with van der Waals surface area (Å²) in [4.78, 5) is 11.9. The van der Waals surface area contributed by atoms with Crippen molar-refractivity contribution in [3.8, 4) is 6.07 Å². The van der Waals surface area contributed by atoms with E-state index in [-0.39, 0.29) is 0 Å². The van der Waals surface area contributed by atoms with Crippen LogP contribution in [-0.2, 0) is 14.9 Å². The van der Waals surface area contributed by atoms with E-state index in [0.29, 0.717) is 0 Å². The SMILES string of the molecule is N#CC(=O)O[O]. The number of carbonyl (C=O) groups is 1. The molecule has 0 aromatic heterocycles. The highest BCUT2D eigenvalue weighted by Crippen LogP contribution is 1.62. The maximum absolute atomic E-state index is 9.28. The quantitative estimate of drug-likeness (QED) is 0.224. The molecule has 0 aliphatic rings. The Balaban J connectivity index is 3.33. The van der Waals surface area contributed by atoms with Gasteiger partial charge in [-0.1, -0.05) is 0 Å². The third-order valence-electron chi connectivity index (χ3n) is 0.167. The van der Waals surface area contributed by atoms with Gasteiger partial charge in [-0.05, 0) is 0 Å². The molecule has 0 saturated carbocycles. The van der Waals surface area contributed by atoms with Crippen LogP contribution in [-0.4, -0.2) is 5.97 Å². The van der Waals surface area contributed by atoms with Crippen molar-refractivity contribution in [2.75, 3.05) is 0 Å². The molecule has 0 rings (SSSR count). The summed E-state index contributed by atoms with van der Waals surface area (Å²) in [5.41, 5.74) is 0. The minimum absolute atomic E-state index is 0.941. The molecule has 1 radical (unpaired) electrons. The molecule has 0 saturated heterocycles. The van der Waals surface area contributed by atoms with Gasteiger partial charge >= 0.3 is 5.97 Å². The fraction of sp³-hybridized carbons (Fsp3) is 0. The van der Waals surface area contributed by atoms with Crippen molar-refractivity contribution in [3.05, 3.63) is 0 Å². The molecule has 0 heterocycles. The van der Waals surface area contributed by atoms with E-state index in [1.54, 1.807) is 0 Å². The van der Waals surface area contributed by atoms with Gasteiger partial charge in [-0.25, -0.2) is 9.68 Å². The van der Waals surface area contributed by atoms with Gasteiger partial charge in [-0.2, -0.15) is 5.26 Å². The van der Waals surface area contributed by atoms with Crippen LogP contribution in [0.1, 0.15) is 0 Å². The molecular formula is C2NO3. The molecule has 0 bridgehead atoms. The Morgan fingerprint density at radius 3 is 2.33 bits per heavy atom. The molecule has 4 nitrogen and oxygen atoms in total. The standard InChI is InChI=1S/C2NO3/c3-1-2(4)6-5. The Labute approximate surface area is 33.5 Å². The lowest BCUT2D eigenvalue weighted by Gasteiger charge is -1.68. The number of nitriles is 1. The normalized spacial score (nSPS) is 6.00. The van der Waals surface area contributed by atoms with Crippen molar-refractivity contribution in [1.82, 2.24) is 0 Å². The van der Waals surface area contributed by atoms with Crippen LogP contribution in [0, 0.1) is 11.3 Å². The summed E-state index contributed by atoms with van der Waals surface area (Å²) in [5, 5.41) is 16.2. The van der Waals surface area contributed by atoms with Gasteiger partial charge in [-0.15, -0.1) is 0 Å². The van der Waals surface area contributed by atoms with Gasteiger partial charge in [-0.3, -0.25) is 0 Å². The van der Waals surface area contributed by atoms with E-state index in [9.17, 15) is 4.79 Å². The lowest BCUT2D eigenvalue weighted by atomic mass is 10.8. The lowest BCUT2D eigenvalue weighted by Crippen LogP contribution is -1.91. The molecule has 0 aliphatic heterocycles. The van der Waals surface area contributed by atoms with Gasteiger partial charge < -0.3 is 0 Å². The van der Waals surface area contributed by atoms with E-state index in [2.05, 4.69) is 4.89 Å². The minimum Gasteiger partial charge on any atom is -0.249 e. The molecule has 0 aromatic rings. The Kier molecular flexibility index (Phi) is 1.78. The van der Waals surface area contributed by atoms with E-state index in [1.807, 2.05) is 0 Å². The fourth-order valence-corrected chi connectivity index (χ4v) is 0.0186. The predicted octanol–water partition coefficient (Wildman–Crippen LogP) is -0.601. The molecular weight excluding hydrogens is 86.0 g/mol. The predicted molar refractivity (Wildman–Crippen MR) is 12.4 cm³/mol. The first-order chi connectivity index (χ1) is 2.81. The van der Waals surface area contributed by atoms with Crippen LogP contribution >= 0.6 is 0 Å². The van der Waals surface area contributed by atoms with Crippen LogP contribution in [0.5, 0.6) is 0 Å². The smallest absolute Gasteiger partial charge is 0.249 e. The first kappa shape index (κ1) is 4.92. The summed E-state index contributed by atoms with van der Waals surface area (Å²) >= 11 is 0. The second-order valence-electron chi connectivity index (χ2n) is 0.483. The summed E-state index contributed by atoms with van der Waals surface area (Å²) in [6.07, 6.45) is 0. The van der Waals surface area contributed by atoms with Gasteiger partial charge in [0.15, 0.2) is 6.07 Å². The van der Waals surface area contributed by atoms with Crippen LogP contribution < -0.4 is 0 Å². The van der Waals surface area contributed by atoms with E-state index in [1.165, 1.54) is 0 Å². The molecule has 0 aromatic carbocycles. The molecule has 0 N–H and O–H groups in total. The molecule has 31 valence electrons. The van der Waals surface area contributed by atoms with Gasteiger partial charge in [0, 0.05) is 5.26 Å². The van der Waals surface area contributed by atoms with Gasteiger partial charge in [0.2, 0.25) is 0 Å². The summed E-state index contributed by atoms with van der Waals surface area (Å²) < 4.78 is 0. The van der Waals surface area contributed by atoms with Crippen LogP contribution in [0.4, 0.5) is 0 Å². The Morgan fingerprint density at radius 1 is 1.83 bits per heavy atom. The number of rotatable bonds is 0. The molecule has 0 unspecified atom stereocenters. The van der Waals surface area contributed by atoms with Crippen molar-refractivity contribution >= 4 is 5.97 Å². The zero-order valence-corrected chi connectivity index (χ0v) is 2.67. The van der Waals surface area contributed by atoms with Crippen molar-refractivity contribution in [1.29, 1.82) is 5.26 Å². The Hall–Kier alpha value is -1.08. The van der Waals surface area contributed by atoms with E-state index < -0.39 is 5.97 Å². The second kappa shape index (κ2) is 2.18. The molecule has 6 heavy (non-hydrogen) atoms. The van der Waals surface area contributed by atoms with E-state index in [4.69, 9.17) is 10.5 Å². The maximum Gasteiger partial charge on any atom is 0.446 e. The molecule has 4 heteroatoms. The lowest BCUT2D eigenvalue weighted by molar-refractivity contribution is -0.272. The first-order valence-corrected chi connectivity index (χ1v) is 1.05. The van der Waals surface area contributed by atoms with Crippen LogP contribution in [0.3, 0.4) is 0 Å². The fourth-order valence-electron chi connectivity index (χ4n) is 0.0186. The van der Waals surface area contributed by atoms with Crippen molar-refractivity contribution in [2.45, 2.75) is 0 Å². The van der Waals surface area contributed by atoms with Gasteiger partial charge in [0.1, 0.15) is 0 Å². The zero-order valence-electron chi connectivity index (χ0n) is 2.67. The molecule has 0 amide bonds. The molecule has 0 spiro atoms. The highest BCUT2D eigenvalue weighted by atomic mass is 17.1. The third-order valence-corrected chi connectivity index (χ3v) is 0.167. The van der Waals surface area contributed by atoms with Crippen molar-refractivity contribution < 1.29 is 14.9 Å².